The molecule has 33 heavy (non-hydrogen) atoms. The molecular formula is C27H35N3O3. The first-order valence-corrected chi connectivity index (χ1v) is 12.1. The number of hydrogen-bond donors (Lipinski definition) is 0. The lowest BCUT2D eigenvalue weighted by molar-refractivity contribution is -0.137. The van der Waals surface area contributed by atoms with E-state index in [1.54, 1.807) is 7.11 Å². The van der Waals surface area contributed by atoms with E-state index in [0.29, 0.717) is 5.41 Å². The van der Waals surface area contributed by atoms with Crippen LogP contribution in [0.3, 0.4) is 0 Å². The Bertz CT molecular complexity index is 938. The zero-order chi connectivity index (χ0) is 23.0. The Morgan fingerprint density at radius 1 is 0.970 bits per heavy atom. The van der Waals surface area contributed by atoms with Crippen LogP contribution in [0.2, 0.25) is 0 Å². The molecule has 0 radical (unpaired) electrons. The van der Waals surface area contributed by atoms with Crippen molar-refractivity contribution in [1.29, 1.82) is 0 Å². The number of rotatable bonds is 5. The number of amides is 1. The van der Waals surface area contributed by atoms with E-state index in [-0.39, 0.29) is 24.3 Å². The Morgan fingerprint density at radius 3 is 2.21 bits per heavy atom. The molecule has 2 heterocycles. The third kappa shape index (κ3) is 4.54. The lowest BCUT2D eigenvalue weighted by Gasteiger charge is -2.58. The predicted octanol–water partition coefficient (Wildman–Crippen LogP) is 4.40. The summed E-state index contributed by atoms with van der Waals surface area (Å²) in [5, 5.41) is 0. The lowest BCUT2D eigenvalue weighted by Crippen LogP contribution is -2.64. The van der Waals surface area contributed by atoms with Gasteiger partial charge in [0.25, 0.3) is 0 Å². The monoisotopic (exact) mass is 449 g/mol. The summed E-state index contributed by atoms with van der Waals surface area (Å²) in [7, 11) is 1.68. The Labute approximate surface area is 197 Å². The van der Waals surface area contributed by atoms with Crippen molar-refractivity contribution >= 4 is 11.8 Å². The fraction of sp³-hybridized carbons (Fsp3) is 0.519. The minimum Gasteiger partial charge on any atom is -0.497 e. The van der Waals surface area contributed by atoms with E-state index in [9.17, 15) is 4.79 Å². The molecule has 0 aromatic heterocycles. The van der Waals surface area contributed by atoms with Gasteiger partial charge < -0.3 is 14.4 Å². The van der Waals surface area contributed by atoms with Gasteiger partial charge in [0.05, 0.1) is 19.2 Å². The van der Waals surface area contributed by atoms with E-state index >= 15 is 0 Å². The highest BCUT2D eigenvalue weighted by Crippen LogP contribution is 2.50. The highest BCUT2D eigenvalue weighted by Gasteiger charge is 2.54. The maximum Gasteiger partial charge on any atom is 0.410 e. The van der Waals surface area contributed by atoms with Crippen LogP contribution in [-0.4, -0.2) is 67.4 Å². The van der Waals surface area contributed by atoms with Gasteiger partial charge in [0.2, 0.25) is 0 Å². The zero-order valence-electron chi connectivity index (χ0n) is 19.9. The van der Waals surface area contributed by atoms with Crippen LogP contribution in [0.1, 0.15) is 32.3 Å². The number of benzene rings is 2. The Kier molecular flexibility index (Phi) is 5.95. The number of likely N-dealkylation sites (tertiary alicyclic amines) is 1. The van der Waals surface area contributed by atoms with Crippen LogP contribution in [0.15, 0.2) is 54.6 Å². The van der Waals surface area contributed by atoms with E-state index in [1.807, 2.05) is 17.0 Å². The Hall–Kier alpha value is -2.73. The molecule has 0 bridgehead atoms. The fourth-order valence-electron chi connectivity index (χ4n) is 5.99. The number of carbonyl (C=O) groups is 1. The normalized spacial score (nSPS) is 24.8. The van der Waals surface area contributed by atoms with E-state index < -0.39 is 0 Å². The first-order chi connectivity index (χ1) is 15.9. The summed E-state index contributed by atoms with van der Waals surface area (Å²) in [5.41, 5.74) is 2.89. The van der Waals surface area contributed by atoms with Crippen molar-refractivity contribution in [2.24, 2.45) is 5.41 Å². The summed E-state index contributed by atoms with van der Waals surface area (Å²) in [5.74, 6) is 0.856. The molecular weight excluding hydrogens is 414 g/mol. The SMILES string of the molecule is COc1ccc(N2C[C@@H](C)N(C(=O)OC3CC4(C3)CN(Cc3ccccc3)C4)[C@@H](C)C2)cc1. The number of anilines is 1. The third-order valence-corrected chi connectivity index (χ3v) is 7.52. The second-order valence-corrected chi connectivity index (χ2v) is 10.3. The molecule has 3 fully saturated rings. The molecule has 0 unspecified atom stereocenters. The van der Waals surface area contributed by atoms with Crippen molar-refractivity contribution in [3.05, 3.63) is 60.2 Å². The van der Waals surface area contributed by atoms with Gasteiger partial charge in [0.15, 0.2) is 0 Å². The molecule has 0 N–H and O–H groups in total. The molecule has 1 saturated carbocycles. The van der Waals surface area contributed by atoms with Crippen molar-refractivity contribution in [1.82, 2.24) is 9.80 Å². The number of piperazine rings is 1. The average molecular weight is 450 g/mol. The number of ether oxygens (including phenoxy) is 2. The van der Waals surface area contributed by atoms with Gasteiger partial charge in [-0.2, -0.15) is 0 Å². The molecule has 2 aromatic carbocycles. The summed E-state index contributed by atoms with van der Waals surface area (Å²) in [6.45, 7) is 9.07. The second kappa shape index (κ2) is 8.90. The van der Waals surface area contributed by atoms with Gasteiger partial charge in [-0.25, -0.2) is 4.79 Å². The molecule has 176 valence electrons. The maximum atomic E-state index is 13.0. The van der Waals surface area contributed by atoms with Crippen LogP contribution in [-0.2, 0) is 11.3 Å². The second-order valence-electron chi connectivity index (χ2n) is 10.3. The standard InChI is InChI=1S/C27H35N3O3/c1-20-15-29(23-9-11-24(32-3)12-10-23)16-21(2)30(20)26(31)33-25-13-27(14-25)18-28(19-27)17-22-7-5-4-6-8-22/h4-12,20-21,25H,13-19H2,1-3H3/t20-,21+. The first-order valence-electron chi connectivity index (χ1n) is 12.1. The average Bonchev–Trinajstić information content (AvgIpc) is 2.76. The third-order valence-electron chi connectivity index (χ3n) is 7.52. The molecule has 2 saturated heterocycles. The minimum atomic E-state index is -0.148. The smallest absolute Gasteiger partial charge is 0.410 e. The quantitative estimate of drug-likeness (QED) is 0.677. The first kappa shape index (κ1) is 22.1. The van der Waals surface area contributed by atoms with Crippen LogP contribution >= 0.6 is 0 Å². The van der Waals surface area contributed by atoms with Gasteiger partial charge in [-0.1, -0.05) is 30.3 Å². The van der Waals surface area contributed by atoms with Gasteiger partial charge in [-0.15, -0.1) is 0 Å². The Morgan fingerprint density at radius 2 is 1.61 bits per heavy atom. The molecule has 1 spiro atoms. The van der Waals surface area contributed by atoms with Crippen LogP contribution in [0.25, 0.3) is 0 Å². The number of hydrogen-bond acceptors (Lipinski definition) is 5. The van der Waals surface area contributed by atoms with Crippen molar-refractivity contribution < 1.29 is 14.3 Å². The molecule has 1 amide bonds. The van der Waals surface area contributed by atoms with Crippen LogP contribution in [0.5, 0.6) is 5.75 Å². The lowest BCUT2D eigenvalue weighted by atomic mass is 9.61. The molecule has 5 rings (SSSR count). The summed E-state index contributed by atoms with van der Waals surface area (Å²) < 4.78 is 11.2. The van der Waals surface area contributed by atoms with Gasteiger partial charge in [0, 0.05) is 43.8 Å². The maximum absolute atomic E-state index is 13.0. The molecule has 2 atom stereocenters. The van der Waals surface area contributed by atoms with Crippen LogP contribution in [0.4, 0.5) is 10.5 Å². The predicted molar refractivity (Wildman–Crippen MR) is 130 cm³/mol. The van der Waals surface area contributed by atoms with Gasteiger partial charge in [-0.05, 0) is 56.5 Å². The Balaban J connectivity index is 1.09. The summed E-state index contributed by atoms with van der Waals surface area (Å²) >= 11 is 0. The molecule has 6 nitrogen and oxygen atoms in total. The highest BCUT2D eigenvalue weighted by atomic mass is 16.6. The topological polar surface area (TPSA) is 45.3 Å². The van der Waals surface area contributed by atoms with E-state index in [4.69, 9.17) is 9.47 Å². The van der Waals surface area contributed by atoms with E-state index in [2.05, 4.69) is 66.1 Å². The minimum absolute atomic E-state index is 0.0652. The number of nitrogens with zero attached hydrogens (tertiary/aromatic N) is 3. The van der Waals surface area contributed by atoms with E-state index in [1.165, 1.54) is 5.56 Å². The highest BCUT2D eigenvalue weighted by molar-refractivity contribution is 5.69. The molecule has 1 aliphatic carbocycles. The largest absolute Gasteiger partial charge is 0.497 e. The molecule has 6 heteroatoms. The number of methoxy groups -OCH3 is 1. The van der Waals surface area contributed by atoms with Gasteiger partial charge in [0.1, 0.15) is 11.9 Å². The number of carbonyl (C=O) groups excluding carboxylic acids is 1. The zero-order valence-corrected chi connectivity index (χ0v) is 19.9. The molecule has 3 aliphatic rings. The van der Waals surface area contributed by atoms with Crippen LogP contribution in [0, 0.1) is 5.41 Å². The van der Waals surface area contributed by atoms with Gasteiger partial charge >= 0.3 is 6.09 Å². The van der Waals surface area contributed by atoms with Crippen LogP contribution < -0.4 is 9.64 Å². The van der Waals surface area contributed by atoms with Crippen molar-refractivity contribution in [3.8, 4) is 5.75 Å². The van der Waals surface area contributed by atoms with Gasteiger partial charge in [-0.3, -0.25) is 9.80 Å². The molecule has 2 aliphatic heterocycles. The van der Waals surface area contributed by atoms with Crippen molar-refractivity contribution in [2.45, 2.75) is 51.4 Å². The molecule has 2 aromatic rings. The summed E-state index contributed by atoms with van der Waals surface area (Å²) in [6, 6.07) is 19.0. The summed E-state index contributed by atoms with van der Waals surface area (Å²) in [6.07, 6.45) is 1.91. The fourth-order valence-corrected chi connectivity index (χ4v) is 5.99. The van der Waals surface area contributed by atoms with Crippen molar-refractivity contribution in [3.63, 3.8) is 0 Å². The van der Waals surface area contributed by atoms with E-state index in [0.717, 1.165) is 57.0 Å². The van der Waals surface area contributed by atoms with Crippen molar-refractivity contribution in [2.75, 3.05) is 38.2 Å². The summed E-state index contributed by atoms with van der Waals surface area (Å²) in [4.78, 5) is 19.8.